The number of fused-ring (bicyclic) bond motifs is 1. The van der Waals surface area contributed by atoms with Gasteiger partial charge >= 0.3 is 6.18 Å². The van der Waals surface area contributed by atoms with Crippen molar-refractivity contribution in [2.45, 2.75) is 58.7 Å². The Balaban J connectivity index is 1.15. The number of piperidine rings is 1. The average Bonchev–Trinajstić information content (AvgIpc) is 3.40. The molecule has 0 atom stereocenters. The number of aryl methyl sites for hydroxylation is 1. The fourth-order valence-electron chi connectivity index (χ4n) is 5.34. The smallest absolute Gasteiger partial charge is 0.433 e. The van der Waals surface area contributed by atoms with Crippen molar-refractivity contribution in [2.24, 2.45) is 5.92 Å². The standard InChI is InChI=1S/C32H37F3N4O2/c1-5-23-10-11-28(32(33,34)35)38-30(23)39-14-12-22(13-15-39)19-40-18-21-6-8-24(9-7-21)31-37-27-17-25(36-4)16-26(20(2)3)29(27)41-31/h6-11,16-17,20,22,36H,5,12-15,18-19H2,1-4H3. The van der Waals surface area contributed by atoms with Gasteiger partial charge in [-0.1, -0.05) is 39.0 Å². The summed E-state index contributed by atoms with van der Waals surface area (Å²) in [5.41, 5.74) is 5.77. The first-order chi connectivity index (χ1) is 19.7. The summed E-state index contributed by atoms with van der Waals surface area (Å²) in [5.74, 6) is 1.72. The van der Waals surface area contributed by atoms with Gasteiger partial charge in [0, 0.05) is 43.6 Å². The average molecular weight is 567 g/mol. The topological polar surface area (TPSA) is 63.4 Å². The lowest BCUT2D eigenvalue weighted by molar-refractivity contribution is -0.141. The zero-order valence-electron chi connectivity index (χ0n) is 24.0. The quantitative estimate of drug-likeness (QED) is 0.221. The number of hydrogen-bond donors (Lipinski definition) is 1. The number of nitrogens with zero attached hydrogens (tertiary/aromatic N) is 3. The van der Waals surface area contributed by atoms with Crippen LogP contribution in [0.15, 0.2) is 52.9 Å². The van der Waals surface area contributed by atoms with Gasteiger partial charge in [-0.2, -0.15) is 13.2 Å². The Morgan fingerprint density at radius 2 is 1.78 bits per heavy atom. The first-order valence-corrected chi connectivity index (χ1v) is 14.3. The van der Waals surface area contributed by atoms with E-state index in [9.17, 15) is 13.2 Å². The summed E-state index contributed by atoms with van der Waals surface area (Å²) in [6, 6.07) is 14.8. The Morgan fingerprint density at radius 1 is 1.05 bits per heavy atom. The van der Waals surface area contributed by atoms with Crippen LogP contribution >= 0.6 is 0 Å². The second-order valence-electron chi connectivity index (χ2n) is 11.0. The van der Waals surface area contributed by atoms with E-state index in [1.54, 1.807) is 6.07 Å². The largest absolute Gasteiger partial charge is 0.436 e. The molecular weight excluding hydrogens is 529 g/mol. The van der Waals surface area contributed by atoms with Crippen molar-refractivity contribution in [1.82, 2.24) is 9.97 Å². The highest BCUT2D eigenvalue weighted by Gasteiger charge is 2.34. The zero-order chi connectivity index (χ0) is 29.1. The molecule has 1 saturated heterocycles. The van der Waals surface area contributed by atoms with E-state index in [4.69, 9.17) is 14.1 Å². The summed E-state index contributed by atoms with van der Waals surface area (Å²) in [6.45, 7) is 8.67. The molecule has 1 aliphatic heterocycles. The van der Waals surface area contributed by atoms with Gasteiger partial charge in [-0.15, -0.1) is 0 Å². The maximum atomic E-state index is 13.2. The third-order valence-electron chi connectivity index (χ3n) is 7.79. The minimum absolute atomic E-state index is 0.310. The van der Waals surface area contributed by atoms with Crippen molar-refractivity contribution in [2.75, 3.05) is 37.0 Å². The molecule has 1 N–H and O–H groups in total. The number of nitrogens with one attached hydrogen (secondary N) is 1. The number of anilines is 2. The van der Waals surface area contributed by atoms with Crippen LogP contribution in [0, 0.1) is 5.92 Å². The molecule has 3 heterocycles. The lowest BCUT2D eigenvalue weighted by atomic mass is 9.97. The minimum Gasteiger partial charge on any atom is -0.436 e. The molecule has 9 heteroatoms. The van der Waals surface area contributed by atoms with Gasteiger partial charge in [0.05, 0.1) is 6.61 Å². The zero-order valence-corrected chi connectivity index (χ0v) is 24.0. The van der Waals surface area contributed by atoms with Crippen LogP contribution in [-0.2, 0) is 23.9 Å². The molecule has 2 aromatic carbocycles. The van der Waals surface area contributed by atoms with Crippen molar-refractivity contribution in [3.63, 3.8) is 0 Å². The maximum absolute atomic E-state index is 13.2. The molecular formula is C32H37F3N4O2. The third kappa shape index (κ3) is 6.50. The van der Waals surface area contributed by atoms with E-state index in [1.165, 1.54) is 0 Å². The second-order valence-corrected chi connectivity index (χ2v) is 11.0. The number of aromatic nitrogens is 2. The van der Waals surface area contributed by atoms with Crippen LogP contribution in [0.4, 0.5) is 24.7 Å². The molecule has 0 aliphatic carbocycles. The third-order valence-corrected chi connectivity index (χ3v) is 7.79. The van der Waals surface area contributed by atoms with Gasteiger partial charge in [-0.3, -0.25) is 0 Å². The molecule has 0 spiro atoms. The fraction of sp³-hybridized carbons (Fsp3) is 0.438. The molecule has 0 saturated carbocycles. The molecule has 0 radical (unpaired) electrons. The normalized spacial score (nSPS) is 14.8. The summed E-state index contributed by atoms with van der Waals surface area (Å²) >= 11 is 0. The van der Waals surface area contributed by atoms with Crippen LogP contribution in [0.3, 0.4) is 0 Å². The number of benzene rings is 2. The van der Waals surface area contributed by atoms with Gasteiger partial charge in [0.2, 0.25) is 5.89 Å². The number of rotatable bonds is 9. The number of oxazole rings is 1. The van der Waals surface area contributed by atoms with Crippen molar-refractivity contribution in [3.8, 4) is 11.5 Å². The summed E-state index contributed by atoms with van der Waals surface area (Å²) in [4.78, 5) is 10.7. The molecule has 218 valence electrons. The predicted molar refractivity (Wildman–Crippen MR) is 156 cm³/mol. The number of halogens is 3. The Kier molecular flexibility index (Phi) is 8.54. The van der Waals surface area contributed by atoms with E-state index in [0.29, 0.717) is 56.3 Å². The number of ether oxygens (including phenoxy) is 1. The molecule has 1 aliphatic rings. The highest BCUT2D eigenvalue weighted by atomic mass is 19.4. The molecule has 41 heavy (non-hydrogen) atoms. The molecule has 1 fully saturated rings. The second kappa shape index (κ2) is 12.1. The SMILES string of the molecule is CCc1ccc(C(F)(F)F)nc1N1CCC(COCc2ccc(-c3nc4cc(NC)cc(C(C)C)c4o3)cc2)CC1. The molecule has 0 unspecified atom stereocenters. The first-order valence-electron chi connectivity index (χ1n) is 14.3. The summed E-state index contributed by atoms with van der Waals surface area (Å²) < 4.78 is 51.9. The van der Waals surface area contributed by atoms with Crippen LogP contribution in [0.5, 0.6) is 0 Å². The molecule has 0 bridgehead atoms. The monoisotopic (exact) mass is 566 g/mol. The van der Waals surface area contributed by atoms with Crippen LogP contribution in [0.25, 0.3) is 22.6 Å². The molecule has 5 rings (SSSR count). The lowest BCUT2D eigenvalue weighted by Gasteiger charge is -2.34. The molecule has 2 aromatic heterocycles. The van der Waals surface area contributed by atoms with Gasteiger partial charge < -0.3 is 19.4 Å². The van der Waals surface area contributed by atoms with Crippen LogP contribution in [-0.4, -0.2) is 36.7 Å². The van der Waals surface area contributed by atoms with Gasteiger partial charge in [0.1, 0.15) is 17.0 Å². The highest BCUT2D eigenvalue weighted by molar-refractivity contribution is 5.83. The summed E-state index contributed by atoms with van der Waals surface area (Å²) in [7, 11) is 1.90. The molecule has 4 aromatic rings. The van der Waals surface area contributed by atoms with Crippen LogP contribution in [0.1, 0.15) is 61.9 Å². The van der Waals surface area contributed by atoms with E-state index >= 15 is 0 Å². The van der Waals surface area contributed by atoms with Crippen molar-refractivity contribution < 1.29 is 22.3 Å². The van der Waals surface area contributed by atoms with E-state index in [0.717, 1.165) is 57.9 Å². The van der Waals surface area contributed by atoms with E-state index in [-0.39, 0.29) is 0 Å². The Hall–Kier alpha value is -3.59. The van der Waals surface area contributed by atoms with E-state index in [2.05, 4.69) is 30.2 Å². The lowest BCUT2D eigenvalue weighted by Crippen LogP contribution is -2.36. The number of alkyl halides is 3. The van der Waals surface area contributed by atoms with Gasteiger partial charge in [-0.25, -0.2) is 9.97 Å². The Morgan fingerprint density at radius 3 is 2.41 bits per heavy atom. The van der Waals surface area contributed by atoms with E-state index in [1.807, 2.05) is 49.2 Å². The summed E-state index contributed by atoms with van der Waals surface area (Å²) in [5, 5.41) is 3.20. The van der Waals surface area contributed by atoms with Crippen molar-refractivity contribution in [1.29, 1.82) is 0 Å². The van der Waals surface area contributed by atoms with Crippen LogP contribution < -0.4 is 10.2 Å². The van der Waals surface area contributed by atoms with Crippen molar-refractivity contribution >= 4 is 22.6 Å². The van der Waals surface area contributed by atoms with Gasteiger partial charge in [0.25, 0.3) is 0 Å². The molecule has 0 amide bonds. The van der Waals surface area contributed by atoms with Crippen molar-refractivity contribution in [3.05, 3.63) is 70.9 Å². The molecule has 6 nitrogen and oxygen atoms in total. The van der Waals surface area contributed by atoms with Gasteiger partial charge in [-0.05, 0) is 72.6 Å². The van der Waals surface area contributed by atoms with Crippen LogP contribution in [0.2, 0.25) is 0 Å². The van der Waals surface area contributed by atoms with Gasteiger partial charge in [0.15, 0.2) is 5.58 Å². The highest BCUT2D eigenvalue weighted by Crippen LogP contribution is 2.34. The maximum Gasteiger partial charge on any atom is 0.433 e. The van der Waals surface area contributed by atoms with E-state index < -0.39 is 11.9 Å². The number of hydrogen-bond acceptors (Lipinski definition) is 6. The minimum atomic E-state index is -4.44. The fourth-order valence-corrected chi connectivity index (χ4v) is 5.34. The Labute approximate surface area is 238 Å². The number of pyridine rings is 1. The summed E-state index contributed by atoms with van der Waals surface area (Å²) in [6.07, 6.45) is -2.09. The first kappa shape index (κ1) is 28.9. The Bertz CT molecular complexity index is 1470. The predicted octanol–water partition coefficient (Wildman–Crippen LogP) is 8.07.